The van der Waals surface area contributed by atoms with Crippen LogP contribution in [0.5, 0.6) is 0 Å². The van der Waals surface area contributed by atoms with Crippen molar-refractivity contribution >= 4 is 17.7 Å². The molecule has 0 fully saturated rings. The molecule has 1 N–H and O–H groups in total. The topological polar surface area (TPSA) is 37.3 Å². The molecular formula is C12H15FO2S. The Morgan fingerprint density at radius 2 is 2.25 bits per heavy atom. The number of carbonyl (C=O) groups is 1. The van der Waals surface area contributed by atoms with Gasteiger partial charge in [-0.3, -0.25) is 0 Å². The molecule has 0 heterocycles. The number of carboxylic acid groups (broad SMARTS) is 1. The average Bonchev–Trinajstić information content (AvgIpc) is 2.27. The molecular weight excluding hydrogens is 227 g/mol. The van der Waals surface area contributed by atoms with Crippen molar-refractivity contribution in [3.63, 3.8) is 0 Å². The van der Waals surface area contributed by atoms with Crippen LogP contribution in [0.4, 0.5) is 4.39 Å². The molecule has 1 atom stereocenters. The Hall–Kier alpha value is -1.03. The summed E-state index contributed by atoms with van der Waals surface area (Å²) >= 11 is 1.74. The van der Waals surface area contributed by atoms with Gasteiger partial charge in [-0.15, -0.1) is 0 Å². The van der Waals surface area contributed by atoms with Gasteiger partial charge in [-0.2, -0.15) is 11.8 Å². The van der Waals surface area contributed by atoms with E-state index in [0.29, 0.717) is 5.25 Å². The molecule has 0 saturated heterocycles. The molecule has 1 aromatic carbocycles. The van der Waals surface area contributed by atoms with Crippen LogP contribution in [-0.4, -0.2) is 16.3 Å². The summed E-state index contributed by atoms with van der Waals surface area (Å²) in [6.45, 7) is 4.22. The molecule has 0 amide bonds. The highest BCUT2D eigenvalue weighted by Crippen LogP contribution is 2.21. The van der Waals surface area contributed by atoms with Crippen molar-refractivity contribution in [1.82, 2.24) is 0 Å². The molecule has 0 spiro atoms. The minimum absolute atomic E-state index is 0.248. The smallest absolute Gasteiger partial charge is 0.338 e. The van der Waals surface area contributed by atoms with Crippen LogP contribution in [0.3, 0.4) is 0 Å². The molecule has 0 aliphatic heterocycles. The van der Waals surface area contributed by atoms with Crippen LogP contribution in [0.2, 0.25) is 0 Å². The van der Waals surface area contributed by atoms with E-state index in [1.54, 1.807) is 17.8 Å². The standard InChI is InChI=1S/C12H15FO2S/c1-3-8(2)16-7-9-4-5-11(13)10(6-9)12(14)15/h4-6,8H,3,7H2,1-2H3,(H,14,15). The van der Waals surface area contributed by atoms with Gasteiger partial charge in [0, 0.05) is 11.0 Å². The summed E-state index contributed by atoms with van der Waals surface area (Å²) in [6.07, 6.45) is 1.07. The zero-order chi connectivity index (χ0) is 12.1. The second-order valence-corrected chi connectivity index (χ2v) is 5.08. The summed E-state index contributed by atoms with van der Waals surface area (Å²) in [5.74, 6) is -1.17. The van der Waals surface area contributed by atoms with Gasteiger partial charge in [0.05, 0.1) is 5.56 Å². The maximum atomic E-state index is 13.1. The molecule has 0 radical (unpaired) electrons. The van der Waals surface area contributed by atoms with E-state index in [9.17, 15) is 9.18 Å². The molecule has 0 aromatic heterocycles. The van der Waals surface area contributed by atoms with Crippen LogP contribution in [-0.2, 0) is 5.75 Å². The fraction of sp³-hybridized carbons (Fsp3) is 0.417. The quantitative estimate of drug-likeness (QED) is 0.857. The molecule has 16 heavy (non-hydrogen) atoms. The first-order valence-electron chi connectivity index (χ1n) is 5.18. The number of benzene rings is 1. The second-order valence-electron chi connectivity index (χ2n) is 3.65. The Bertz CT molecular complexity index is 379. The number of carboxylic acids is 1. The van der Waals surface area contributed by atoms with Crippen LogP contribution >= 0.6 is 11.8 Å². The van der Waals surface area contributed by atoms with E-state index in [-0.39, 0.29) is 5.56 Å². The van der Waals surface area contributed by atoms with Gasteiger partial charge in [0.2, 0.25) is 0 Å². The summed E-state index contributed by atoms with van der Waals surface area (Å²) in [6, 6.07) is 4.26. The van der Waals surface area contributed by atoms with Crippen LogP contribution in [0.15, 0.2) is 18.2 Å². The maximum Gasteiger partial charge on any atom is 0.338 e. The van der Waals surface area contributed by atoms with E-state index in [1.165, 1.54) is 12.1 Å². The number of hydrogen-bond donors (Lipinski definition) is 1. The lowest BCUT2D eigenvalue weighted by Gasteiger charge is -2.08. The summed E-state index contributed by atoms with van der Waals surface area (Å²) in [5, 5.41) is 9.29. The molecule has 88 valence electrons. The first kappa shape index (κ1) is 13.0. The van der Waals surface area contributed by atoms with E-state index in [1.807, 2.05) is 0 Å². The summed E-state index contributed by atoms with van der Waals surface area (Å²) in [5.41, 5.74) is 0.603. The van der Waals surface area contributed by atoms with Crippen molar-refractivity contribution in [2.24, 2.45) is 0 Å². The van der Waals surface area contributed by atoms with Crippen LogP contribution in [0.25, 0.3) is 0 Å². The van der Waals surface area contributed by atoms with Gasteiger partial charge in [-0.05, 0) is 24.1 Å². The Morgan fingerprint density at radius 1 is 1.56 bits per heavy atom. The second kappa shape index (κ2) is 5.89. The number of aromatic carboxylic acids is 1. The number of halogens is 1. The first-order chi connectivity index (χ1) is 7.54. The lowest BCUT2D eigenvalue weighted by atomic mass is 10.1. The third-order valence-corrected chi connectivity index (χ3v) is 3.77. The zero-order valence-electron chi connectivity index (χ0n) is 9.37. The molecule has 2 nitrogen and oxygen atoms in total. The summed E-state index contributed by atoms with van der Waals surface area (Å²) in [7, 11) is 0. The Labute approximate surface area is 98.9 Å². The normalized spacial score (nSPS) is 12.4. The SMILES string of the molecule is CCC(C)SCc1ccc(F)c(C(=O)O)c1. The molecule has 0 aliphatic rings. The van der Waals surface area contributed by atoms with Crippen molar-refractivity contribution < 1.29 is 14.3 Å². The average molecular weight is 242 g/mol. The van der Waals surface area contributed by atoms with Gasteiger partial charge in [0.1, 0.15) is 5.82 Å². The van der Waals surface area contributed by atoms with Gasteiger partial charge < -0.3 is 5.11 Å². The maximum absolute atomic E-state index is 13.1. The van der Waals surface area contributed by atoms with Gasteiger partial charge in [0.15, 0.2) is 0 Å². The first-order valence-corrected chi connectivity index (χ1v) is 6.22. The molecule has 1 rings (SSSR count). The van der Waals surface area contributed by atoms with E-state index < -0.39 is 11.8 Å². The van der Waals surface area contributed by atoms with E-state index in [0.717, 1.165) is 17.7 Å². The highest BCUT2D eigenvalue weighted by atomic mass is 32.2. The van der Waals surface area contributed by atoms with Gasteiger partial charge in [-0.1, -0.05) is 19.9 Å². The van der Waals surface area contributed by atoms with Crippen LogP contribution < -0.4 is 0 Å². The Balaban J connectivity index is 2.75. The molecule has 0 aliphatic carbocycles. The van der Waals surface area contributed by atoms with E-state index in [2.05, 4.69) is 13.8 Å². The van der Waals surface area contributed by atoms with Gasteiger partial charge >= 0.3 is 5.97 Å². The van der Waals surface area contributed by atoms with Gasteiger partial charge in [0.25, 0.3) is 0 Å². The Morgan fingerprint density at radius 3 is 2.81 bits per heavy atom. The highest BCUT2D eigenvalue weighted by Gasteiger charge is 2.11. The number of hydrogen-bond acceptors (Lipinski definition) is 2. The lowest BCUT2D eigenvalue weighted by molar-refractivity contribution is 0.0692. The molecule has 1 unspecified atom stereocenters. The van der Waals surface area contributed by atoms with Crippen molar-refractivity contribution in [1.29, 1.82) is 0 Å². The predicted molar refractivity (Wildman–Crippen MR) is 64.4 cm³/mol. The van der Waals surface area contributed by atoms with Crippen LogP contribution in [0, 0.1) is 5.82 Å². The molecule has 4 heteroatoms. The van der Waals surface area contributed by atoms with Gasteiger partial charge in [-0.25, -0.2) is 9.18 Å². The largest absolute Gasteiger partial charge is 0.478 e. The minimum atomic E-state index is -1.21. The van der Waals surface area contributed by atoms with Crippen molar-refractivity contribution in [2.75, 3.05) is 0 Å². The van der Waals surface area contributed by atoms with Crippen molar-refractivity contribution in [2.45, 2.75) is 31.3 Å². The lowest BCUT2D eigenvalue weighted by Crippen LogP contribution is -2.02. The Kier molecular flexibility index (Phi) is 4.80. The molecule has 0 saturated carbocycles. The summed E-state index contributed by atoms with van der Waals surface area (Å²) in [4.78, 5) is 10.7. The fourth-order valence-corrected chi connectivity index (χ4v) is 2.07. The molecule has 0 bridgehead atoms. The molecule has 1 aromatic rings. The predicted octanol–water partition coefficient (Wildman–Crippen LogP) is 3.56. The third kappa shape index (κ3) is 3.52. The van der Waals surface area contributed by atoms with Crippen LogP contribution in [0.1, 0.15) is 36.2 Å². The minimum Gasteiger partial charge on any atom is -0.478 e. The third-order valence-electron chi connectivity index (χ3n) is 2.37. The number of thioether (sulfide) groups is 1. The van der Waals surface area contributed by atoms with Crippen molar-refractivity contribution in [3.8, 4) is 0 Å². The van der Waals surface area contributed by atoms with E-state index in [4.69, 9.17) is 5.11 Å². The monoisotopic (exact) mass is 242 g/mol. The fourth-order valence-electron chi connectivity index (χ4n) is 1.18. The zero-order valence-corrected chi connectivity index (χ0v) is 10.2. The summed E-state index contributed by atoms with van der Waals surface area (Å²) < 4.78 is 13.1. The van der Waals surface area contributed by atoms with E-state index >= 15 is 0 Å². The highest BCUT2D eigenvalue weighted by molar-refractivity contribution is 7.99. The van der Waals surface area contributed by atoms with Crippen molar-refractivity contribution in [3.05, 3.63) is 35.1 Å². The number of rotatable bonds is 5.